The molecule has 10 heteroatoms. The van der Waals surface area contributed by atoms with Crippen LogP contribution in [0.4, 0.5) is 5.69 Å². The number of nitro benzene ring substituents is 1. The van der Waals surface area contributed by atoms with Gasteiger partial charge in [-0.25, -0.2) is 9.79 Å². The van der Waals surface area contributed by atoms with E-state index in [1.54, 1.807) is 48.8 Å². The lowest BCUT2D eigenvalue weighted by atomic mass is 9.96. The summed E-state index contributed by atoms with van der Waals surface area (Å²) in [5, 5.41) is 10.8. The van der Waals surface area contributed by atoms with Crippen LogP contribution >= 0.6 is 11.3 Å². The molecule has 0 bridgehead atoms. The minimum absolute atomic E-state index is 0.0285. The molecule has 0 saturated heterocycles. The molecule has 0 fully saturated rings. The molecule has 1 atom stereocenters. The molecule has 0 saturated carbocycles. The van der Waals surface area contributed by atoms with Gasteiger partial charge in [0.25, 0.3) is 11.2 Å². The van der Waals surface area contributed by atoms with Crippen molar-refractivity contribution in [1.82, 2.24) is 4.57 Å². The molecular formula is C30H25N3O6S. The maximum atomic E-state index is 13.7. The highest BCUT2D eigenvalue weighted by Crippen LogP contribution is 2.30. The van der Waals surface area contributed by atoms with Gasteiger partial charge in [0.1, 0.15) is 12.4 Å². The number of non-ortho nitro benzene ring substituents is 1. The Bertz CT molecular complexity index is 1770. The average Bonchev–Trinajstić information content (AvgIpc) is 3.26. The van der Waals surface area contributed by atoms with Crippen molar-refractivity contribution in [3.63, 3.8) is 0 Å². The normalized spacial score (nSPS) is 14.8. The third kappa shape index (κ3) is 5.48. The number of allylic oxidation sites excluding steroid dienone is 1. The fourth-order valence-corrected chi connectivity index (χ4v) is 5.48. The zero-order chi connectivity index (χ0) is 28.2. The lowest BCUT2D eigenvalue weighted by Crippen LogP contribution is -2.39. The summed E-state index contributed by atoms with van der Waals surface area (Å²) in [6.07, 6.45) is 1.79. The summed E-state index contributed by atoms with van der Waals surface area (Å²) in [6.45, 7) is 3.98. The molecule has 202 valence electrons. The molecule has 0 spiro atoms. The van der Waals surface area contributed by atoms with Gasteiger partial charge in [-0.15, -0.1) is 0 Å². The number of benzene rings is 3. The molecule has 40 heavy (non-hydrogen) atoms. The van der Waals surface area contributed by atoms with Crippen molar-refractivity contribution in [2.75, 3.05) is 6.61 Å². The van der Waals surface area contributed by atoms with Crippen LogP contribution in [0.1, 0.15) is 36.6 Å². The summed E-state index contributed by atoms with van der Waals surface area (Å²) in [7, 11) is 0. The molecule has 0 amide bonds. The minimum Gasteiger partial charge on any atom is -0.489 e. The molecule has 1 aromatic heterocycles. The van der Waals surface area contributed by atoms with E-state index in [-0.39, 0.29) is 24.5 Å². The smallest absolute Gasteiger partial charge is 0.338 e. The molecular weight excluding hydrogens is 530 g/mol. The molecule has 0 N–H and O–H groups in total. The van der Waals surface area contributed by atoms with Crippen LogP contribution in [0.2, 0.25) is 0 Å². The second-order valence-electron chi connectivity index (χ2n) is 8.99. The number of ether oxygens (including phenoxy) is 2. The first kappa shape index (κ1) is 26.8. The summed E-state index contributed by atoms with van der Waals surface area (Å²) >= 11 is 1.26. The average molecular weight is 556 g/mol. The maximum absolute atomic E-state index is 13.7. The van der Waals surface area contributed by atoms with E-state index in [4.69, 9.17) is 9.47 Å². The van der Waals surface area contributed by atoms with Gasteiger partial charge in [-0.3, -0.25) is 19.5 Å². The number of fused-ring (bicyclic) bond motifs is 1. The predicted molar refractivity (Wildman–Crippen MR) is 151 cm³/mol. The van der Waals surface area contributed by atoms with Gasteiger partial charge in [0.15, 0.2) is 4.80 Å². The molecule has 5 rings (SSSR count). The van der Waals surface area contributed by atoms with Crippen LogP contribution in [-0.4, -0.2) is 22.1 Å². The number of aromatic nitrogens is 1. The number of nitro groups is 1. The lowest BCUT2D eigenvalue weighted by Gasteiger charge is -2.24. The van der Waals surface area contributed by atoms with E-state index in [2.05, 4.69) is 4.99 Å². The van der Waals surface area contributed by atoms with E-state index in [9.17, 15) is 19.7 Å². The first-order chi connectivity index (χ1) is 19.4. The number of hydrogen-bond acceptors (Lipinski definition) is 8. The van der Waals surface area contributed by atoms with E-state index >= 15 is 0 Å². The van der Waals surface area contributed by atoms with Crippen molar-refractivity contribution in [2.24, 2.45) is 4.99 Å². The number of nitrogens with zero attached hydrogens (tertiary/aromatic N) is 3. The number of hydrogen-bond donors (Lipinski definition) is 0. The Labute approximate surface area is 233 Å². The summed E-state index contributed by atoms with van der Waals surface area (Å²) in [4.78, 5) is 42.1. The van der Waals surface area contributed by atoms with Crippen molar-refractivity contribution in [1.29, 1.82) is 0 Å². The van der Waals surface area contributed by atoms with Crippen molar-refractivity contribution in [2.45, 2.75) is 26.5 Å². The first-order valence-corrected chi connectivity index (χ1v) is 13.4. The summed E-state index contributed by atoms with van der Waals surface area (Å²) < 4.78 is 13.2. The largest absolute Gasteiger partial charge is 0.489 e. The molecule has 0 radical (unpaired) electrons. The monoisotopic (exact) mass is 555 g/mol. The minimum atomic E-state index is -0.645. The van der Waals surface area contributed by atoms with E-state index in [0.717, 1.165) is 16.7 Å². The van der Waals surface area contributed by atoms with E-state index in [1.807, 2.05) is 42.5 Å². The van der Waals surface area contributed by atoms with Gasteiger partial charge < -0.3 is 9.47 Å². The molecule has 1 aliphatic rings. The van der Waals surface area contributed by atoms with Crippen LogP contribution in [-0.2, 0) is 16.1 Å². The van der Waals surface area contributed by atoms with E-state index in [0.29, 0.717) is 26.4 Å². The topological polar surface area (TPSA) is 113 Å². The lowest BCUT2D eigenvalue weighted by molar-refractivity contribution is -0.384. The van der Waals surface area contributed by atoms with Crippen LogP contribution in [0, 0.1) is 10.1 Å². The Morgan fingerprint density at radius 1 is 1.07 bits per heavy atom. The third-order valence-electron chi connectivity index (χ3n) is 6.36. The Morgan fingerprint density at radius 2 is 1.77 bits per heavy atom. The van der Waals surface area contributed by atoms with Crippen LogP contribution in [0.25, 0.3) is 6.08 Å². The quantitative estimate of drug-likeness (QED) is 0.182. The number of thiazole rings is 1. The highest BCUT2D eigenvalue weighted by atomic mass is 32.1. The van der Waals surface area contributed by atoms with Crippen LogP contribution in [0.15, 0.2) is 99.9 Å². The first-order valence-electron chi connectivity index (χ1n) is 12.6. The van der Waals surface area contributed by atoms with E-state index < -0.39 is 16.9 Å². The Balaban J connectivity index is 1.43. The van der Waals surface area contributed by atoms with Gasteiger partial charge in [-0.05, 0) is 60.9 Å². The molecule has 9 nitrogen and oxygen atoms in total. The number of carbonyl (C=O) groups excluding carboxylic acids is 1. The predicted octanol–water partition coefficient (Wildman–Crippen LogP) is 4.29. The van der Waals surface area contributed by atoms with Crippen LogP contribution < -0.4 is 19.6 Å². The Kier molecular flexibility index (Phi) is 7.70. The van der Waals surface area contributed by atoms with Gasteiger partial charge in [0, 0.05) is 12.1 Å². The van der Waals surface area contributed by atoms with Gasteiger partial charge in [-0.1, -0.05) is 53.8 Å². The van der Waals surface area contributed by atoms with Crippen LogP contribution in [0.3, 0.4) is 0 Å². The van der Waals surface area contributed by atoms with Crippen molar-refractivity contribution < 1.29 is 19.2 Å². The second kappa shape index (κ2) is 11.5. The summed E-state index contributed by atoms with van der Waals surface area (Å²) in [5.74, 6) is 0.131. The number of rotatable bonds is 8. The van der Waals surface area contributed by atoms with E-state index in [1.165, 1.54) is 23.5 Å². The second-order valence-corrected chi connectivity index (χ2v) is 10.0. The van der Waals surface area contributed by atoms with Gasteiger partial charge >= 0.3 is 5.97 Å². The molecule has 2 heterocycles. The third-order valence-corrected chi connectivity index (χ3v) is 7.35. The SMILES string of the molecule is CCOC(=O)C1=C(C)N=c2s/c(=C\c3ccc(OCc4ccc([N+](=O)[O-])cc4)cc3)c(=O)n2[C@@H]1c1ccccc1. The molecule has 4 aromatic rings. The standard InChI is InChI=1S/C30H25N3O6S/c1-3-38-29(35)26-19(2)31-30-32(27(26)22-7-5-4-6-8-22)28(34)25(40-30)17-20-11-15-24(16-12-20)39-18-21-9-13-23(14-10-21)33(36)37/h4-17,27H,3,18H2,1-2H3/b25-17-/t27-/m1/s1. The van der Waals surface area contributed by atoms with Crippen molar-refractivity contribution in [3.05, 3.63) is 137 Å². The number of carbonyl (C=O) groups is 1. The molecule has 0 unspecified atom stereocenters. The fraction of sp³-hybridized carbons (Fsp3) is 0.167. The van der Waals surface area contributed by atoms with Crippen molar-refractivity contribution in [3.8, 4) is 5.75 Å². The molecule has 3 aromatic carbocycles. The van der Waals surface area contributed by atoms with Crippen LogP contribution in [0.5, 0.6) is 5.75 Å². The van der Waals surface area contributed by atoms with Crippen molar-refractivity contribution >= 4 is 29.1 Å². The molecule has 0 aliphatic carbocycles. The highest BCUT2D eigenvalue weighted by molar-refractivity contribution is 7.07. The summed E-state index contributed by atoms with van der Waals surface area (Å²) in [5.41, 5.74) is 3.05. The molecule has 1 aliphatic heterocycles. The zero-order valence-electron chi connectivity index (χ0n) is 21.8. The summed E-state index contributed by atoms with van der Waals surface area (Å²) in [6, 6.07) is 22.2. The Hall–Kier alpha value is -4.83. The van der Waals surface area contributed by atoms with Gasteiger partial charge in [-0.2, -0.15) is 0 Å². The fourth-order valence-electron chi connectivity index (χ4n) is 4.43. The van der Waals surface area contributed by atoms with Gasteiger partial charge in [0.05, 0.1) is 33.4 Å². The maximum Gasteiger partial charge on any atom is 0.338 e. The highest BCUT2D eigenvalue weighted by Gasteiger charge is 2.33. The zero-order valence-corrected chi connectivity index (χ0v) is 22.6. The van der Waals surface area contributed by atoms with Gasteiger partial charge in [0.2, 0.25) is 0 Å². The Morgan fingerprint density at radius 3 is 2.42 bits per heavy atom. The number of esters is 1.